The first-order chi connectivity index (χ1) is 15.2. The van der Waals surface area contributed by atoms with E-state index in [-0.39, 0.29) is 0 Å². The van der Waals surface area contributed by atoms with Crippen molar-refractivity contribution in [3.05, 3.63) is 54.6 Å². The van der Waals surface area contributed by atoms with Gasteiger partial charge in [0.2, 0.25) is 11.7 Å². The van der Waals surface area contributed by atoms with Crippen LogP contribution in [0.5, 0.6) is 0 Å². The average molecular weight is 436 g/mol. The minimum Gasteiger partial charge on any atom is -0.372 e. The smallest absolute Gasteiger partial charge is 0.237 e. The van der Waals surface area contributed by atoms with E-state index in [4.69, 9.17) is 4.52 Å². The molecule has 0 atom stereocenters. The SMILES string of the molecule is CCN(CC)c1ccc(-c2nnc(SCc3nc(-c4ccccn4)no3)n2CC)cc1. The first kappa shape index (κ1) is 21.0. The lowest BCUT2D eigenvalue weighted by Crippen LogP contribution is -2.21. The van der Waals surface area contributed by atoms with E-state index in [1.807, 2.05) is 18.2 Å². The van der Waals surface area contributed by atoms with Crippen molar-refractivity contribution in [2.45, 2.75) is 38.2 Å². The fraction of sp³-hybridized carbons (Fsp3) is 0.318. The fourth-order valence-electron chi connectivity index (χ4n) is 3.34. The van der Waals surface area contributed by atoms with E-state index in [9.17, 15) is 0 Å². The number of pyridine rings is 1. The van der Waals surface area contributed by atoms with Gasteiger partial charge in [-0.3, -0.25) is 4.98 Å². The molecule has 160 valence electrons. The third-order valence-electron chi connectivity index (χ3n) is 4.97. The molecule has 0 aliphatic carbocycles. The second-order valence-corrected chi connectivity index (χ2v) is 7.73. The number of nitrogens with zero attached hydrogens (tertiary/aromatic N) is 7. The number of hydrogen-bond acceptors (Lipinski definition) is 8. The second kappa shape index (κ2) is 9.74. The molecule has 0 amide bonds. The third kappa shape index (κ3) is 4.61. The highest BCUT2D eigenvalue weighted by molar-refractivity contribution is 7.98. The van der Waals surface area contributed by atoms with E-state index in [2.05, 4.69) is 79.8 Å². The Balaban J connectivity index is 1.48. The molecule has 0 bridgehead atoms. The summed E-state index contributed by atoms with van der Waals surface area (Å²) in [6.45, 7) is 9.16. The maximum absolute atomic E-state index is 5.38. The zero-order valence-electron chi connectivity index (χ0n) is 17.9. The van der Waals surface area contributed by atoms with Crippen molar-refractivity contribution in [1.82, 2.24) is 29.9 Å². The zero-order chi connectivity index (χ0) is 21.6. The lowest BCUT2D eigenvalue weighted by molar-refractivity contribution is 0.391. The van der Waals surface area contributed by atoms with Gasteiger partial charge in [0, 0.05) is 37.1 Å². The van der Waals surface area contributed by atoms with Crippen molar-refractivity contribution in [3.8, 4) is 22.9 Å². The van der Waals surface area contributed by atoms with Crippen LogP contribution in [0.2, 0.25) is 0 Å². The quantitative estimate of drug-likeness (QED) is 0.354. The maximum Gasteiger partial charge on any atom is 0.237 e. The standard InChI is InChI=1S/C22H25N7OS/c1-4-28(5-2)17-12-10-16(11-13-17)21-25-26-22(29(21)6-3)31-15-19-24-20(27-30-19)18-9-7-8-14-23-18/h7-14H,4-6,15H2,1-3H3. The summed E-state index contributed by atoms with van der Waals surface area (Å²) in [5, 5.41) is 13.7. The number of aromatic nitrogens is 6. The first-order valence-corrected chi connectivity index (χ1v) is 11.4. The van der Waals surface area contributed by atoms with E-state index in [0.717, 1.165) is 36.2 Å². The average Bonchev–Trinajstić information content (AvgIpc) is 3.46. The lowest BCUT2D eigenvalue weighted by Gasteiger charge is -2.21. The van der Waals surface area contributed by atoms with Gasteiger partial charge >= 0.3 is 0 Å². The molecule has 0 aliphatic rings. The molecule has 0 N–H and O–H groups in total. The van der Waals surface area contributed by atoms with Gasteiger partial charge < -0.3 is 14.0 Å². The highest BCUT2D eigenvalue weighted by atomic mass is 32.2. The molecule has 0 unspecified atom stereocenters. The van der Waals surface area contributed by atoms with Gasteiger partial charge in [-0.1, -0.05) is 23.0 Å². The number of rotatable bonds is 9. The number of thioether (sulfide) groups is 1. The highest BCUT2D eigenvalue weighted by Crippen LogP contribution is 2.28. The van der Waals surface area contributed by atoms with Crippen LogP contribution in [-0.4, -0.2) is 43.0 Å². The van der Waals surface area contributed by atoms with Crippen LogP contribution in [0.15, 0.2) is 58.3 Å². The lowest BCUT2D eigenvalue weighted by atomic mass is 10.2. The normalized spacial score (nSPS) is 11.1. The van der Waals surface area contributed by atoms with Gasteiger partial charge in [-0.25, -0.2) is 0 Å². The summed E-state index contributed by atoms with van der Waals surface area (Å²) < 4.78 is 7.48. The predicted molar refractivity (Wildman–Crippen MR) is 122 cm³/mol. The summed E-state index contributed by atoms with van der Waals surface area (Å²) in [6, 6.07) is 14.1. The number of hydrogen-bond donors (Lipinski definition) is 0. The Kier molecular flexibility index (Phi) is 6.61. The fourth-order valence-corrected chi connectivity index (χ4v) is 4.18. The van der Waals surface area contributed by atoms with E-state index in [1.54, 1.807) is 6.20 Å². The molecule has 0 fully saturated rings. The molecule has 0 radical (unpaired) electrons. The van der Waals surface area contributed by atoms with Crippen molar-refractivity contribution in [3.63, 3.8) is 0 Å². The van der Waals surface area contributed by atoms with Crippen molar-refractivity contribution in [2.75, 3.05) is 18.0 Å². The second-order valence-electron chi connectivity index (χ2n) is 6.78. The molecule has 8 nitrogen and oxygen atoms in total. The van der Waals surface area contributed by atoms with Gasteiger partial charge in [0.05, 0.1) is 5.75 Å². The Labute approximate surface area is 185 Å². The van der Waals surface area contributed by atoms with Gasteiger partial charge in [-0.2, -0.15) is 4.98 Å². The Morgan fingerprint density at radius 1 is 1.00 bits per heavy atom. The van der Waals surface area contributed by atoms with Gasteiger partial charge in [-0.05, 0) is 57.2 Å². The zero-order valence-corrected chi connectivity index (χ0v) is 18.7. The molecule has 0 spiro atoms. The summed E-state index contributed by atoms with van der Waals surface area (Å²) in [5.74, 6) is 2.39. The minimum atomic E-state index is 0.488. The largest absolute Gasteiger partial charge is 0.372 e. The van der Waals surface area contributed by atoms with Crippen LogP contribution in [0.4, 0.5) is 5.69 Å². The summed E-state index contributed by atoms with van der Waals surface area (Å²) in [5.41, 5.74) is 2.95. The van der Waals surface area contributed by atoms with Gasteiger partial charge in [0.25, 0.3) is 0 Å². The van der Waals surface area contributed by atoms with Gasteiger partial charge in [0.1, 0.15) is 5.69 Å². The van der Waals surface area contributed by atoms with Crippen LogP contribution in [0, 0.1) is 0 Å². The molecule has 0 aliphatic heterocycles. The topological polar surface area (TPSA) is 85.8 Å². The van der Waals surface area contributed by atoms with Crippen LogP contribution < -0.4 is 4.90 Å². The van der Waals surface area contributed by atoms with Crippen LogP contribution in [0.1, 0.15) is 26.7 Å². The Bertz CT molecular complexity index is 1100. The van der Waals surface area contributed by atoms with Crippen LogP contribution in [0.25, 0.3) is 22.9 Å². The molecule has 31 heavy (non-hydrogen) atoms. The molecule has 0 saturated carbocycles. The summed E-state index contributed by atoms with van der Waals surface area (Å²) in [6.07, 6.45) is 1.71. The van der Waals surface area contributed by atoms with E-state index >= 15 is 0 Å². The summed E-state index contributed by atoms with van der Waals surface area (Å²) in [7, 11) is 0. The highest BCUT2D eigenvalue weighted by Gasteiger charge is 2.16. The van der Waals surface area contributed by atoms with Gasteiger partial charge in [0.15, 0.2) is 11.0 Å². The summed E-state index contributed by atoms with van der Waals surface area (Å²) >= 11 is 1.53. The van der Waals surface area contributed by atoms with E-state index < -0.39 is 0 Å². The van der Waals surface area contributed by atoms with Crippen molar-refractivity contribution < 1.29 is 4.52 Å². The number of benzene rings is 1. The predicted octanol–water partition coefficient (Wildman–Crippen LogP) is 4.55. The first-order valence-electron chi connectivity index (χ1n) is 10.4. The van der Waals surface area contributed by atoms with E-state index in [0.29, 0.717) is 23.2 Å². The molecule has 3 heterocycles. The molecule has 0 saturated heterocycles. The molecular formula is C22H25N7OS. The Morgan fingerprint density at radius 2 is 1.81 bits per heavy atom. The molecule has 4 rings (SSSR count). The Hall–Kier alpha value is -3.20. The van der Waals surface area contributed by atoms with Crippen molar-refractivity contribution in [1.29, 1.82) is 0 Å². The molecule has 3 aromatic heterocycles. The molecule has 1 aromatic carbocycles. The molecular weight excluding hydrogens is 410 g/mol. The van der Waals surface area contributed by atoms with Gasteiger partial charge in [-0.15, -0.1) is 10.2 Å². The maximum atomic E-state index is 5.38. The third-order valence-corrected chi connectivity index (χ3v) is 5.93. The van der Waals surface area contributed by atoms with Crippen LogP contribution in [-0.2, 0) is 12.3 Å². The Morgan fingerprint density at radius 3 is 2.48 bits per heavy atom. The molecule has 9 heteroatoms. The van der Waals surface area contributed by atoms with Crippen molar-refractivity contribution in [2.24, 2.45) is 0 Å². The van der Waals surface area contributed by atoms with E-state index in [1.165, 1.54) is 17.4 Å². The monoisotopic (exact) mass is 435 g/mol. The number of anilines is 1. The summed E-state index contributed by atoms with van der Waals surface area (Å²) in [4.78, 5) is 11.0. The van der Waals surface area contributed by atoms with Crippen LogP contribution >= 0.6 is 11.8 Å². The van der Waals surface area contributed by atoms with Crippen LogP contribution in [0.3, 0.4) is 0 Å². The van der Waals surface area contributed by atoms with Crippen molar-refractivity contribution >= 4 is 17.4 Å². The molecule has 4 aromatic rings. The minimum absolute atomic E-state index is 0.488.